The van der Waals surface area contributed by atoms with E-state index in [0.29, 0.717) is 0 Å². The summed E-state index contributed by atoms with van der Waals surface area (Å²) in [4.78, 5) is 13.4. The molecular weight excluding hydrogens is 258 g/mol. The maximum absolute atomic E-state index is 12.0. The zero-order valence-electron chi connectivity index (χ0n) is 9.54. The number of phenolic OH excluding ortho intramolecular Hbond substituents is 2. The highest BCUT2D eigenvalue weighted by Crippen LogP contribution is 2.25. The van der Waals surface area contributed by atoms with Gasteiger partial charge in [-0.15, -0.1) is 0 Å². The SMILES string of the molecule is O=C(c1ccc(O)c(O)c1)N1CCS(=O)(=O)CC1. The average Bonchev–Trinajstić information content (AvgIpc) is 2.32. The molecule has 2 N–H and O–H groups in total. The molecule has 7 heteroatoms. The Hall–Kier alpha value is -1.76. The normalized spacial score (nSPS) is 18.6. The second-order valence-corrected chi connectivity index (χ2v) is 6.45. The molecule has 0 spiro atoms. The standard InChI is InChI=1S/C11H13NO5S/c13-9-2-1-8(7-10(9)14)11(15)12-3-5-18(16,17)6-4-12/h1-2,7,13-14H,3-6H2. The number of hydrogen-bond acceptors (Lipinski definition) is 5. The topological polar surface area (TPSA) is 94.9 Å². The number of nitrogens with zero attached hydrogens (tertiary/aromatic N) is 1. The lowest BCUT2D eigenvalue weighted by atomic mass is 10.1. The third kappa shape index (κ3) is 2.56. The number of carbonyl (C=O) groups excluding carboxylic acids is 1. The minimum absolute atomic E-state index is 0.0389. The van der Waals surface area contributed by atoms with E-state index in [1.807, 2.05) is 0 Å². The fraction of sp³-hybridized carbons (Fsp3) is 0.364. The van der Waals surface area contributed by atoms with Crippen molar-refractivity contribution in [1.82, 2.24) is 4.90 Å². The van der Waals surface area contributed by atoms with Gasteiger partial charge < -0.3 is 15.1 Å². The van der Waals surface area contributed by atoms with Crippen molar-refractivity contribution in [1.29, 1.82) is 0 Å². The van der Waals surface area contributed by atoms with Crippen LogP contribution >= 0.6 is 0 Å². The van der Waals surface area contributed by atoms with E-state index in [4.69, 9.17) is 5.11 Å². The van der Waals surface area contributed by atoms with Crippen LogP contribution in [0, 0.1) is 0 Å². The van der Waals surface area contributed by atoms with Crippen molar-refractivity contribution in [2.75, 3.05) is 24.6 Å². The predicted molar refractivity (Wildman–Crippen MR) is 64.3 cm³/mol. The summed E-state index contributed by atoms with van der Waals surface area (Å²) in [5, 5.41) is 18.5. The van der Waals surface area contributed by atoms with Gasteiger partial charge in [0.1, 0.15) is 0 Å². The number of aromatic hydroxyl groups is 2. The van der Waals surface area contributed by atoms with Gasteiger partial charge >= 0.3 is 0 Å². The monoisotopic (exact) mass is 271 g/mol. The number of carbonyl (C=O) groups is 1. The molecule has 0 radical (unpaired) electrons. The molecule has 6 nitrogen and oxygen atoms in total. The summed E-state index contributed by atoms with van der Waals surface area (Å²) < 4.78 is 22.5. The summed E-state index contributed by atoms with van der Waals surface area (Å²) in [6.45, 7) is 0.311. The van der Waals surface area contributed by atoms with Gasteiger partial charge in [-0.2, -0.15) is 0 Å². The maximum Gasteiger partial charge on any atom is 0.254 e. The minimum Gasteiger partial charge on any atom is -0.504 e. The summed E-state index contributed by atoms with van der Waals surface area (Å²) in [5.41, 5.74) is 0.226. The molecule has 1 saturated heterocycles. The molecule has 0 atom stereocenters. The van der Waals surface area contributed by atoms with Gasteiger partial charge in [0.25, 0.3) is 5.91 Å². The molecule has 2 rings (SSSR count). The molecule has 0 aromatic heterocycles. The summed E-state index contributed by atoms with van der Waals surface area (Å²) in [7, 11) is -3.03. The Morgan fingerprint density at radius 2 is 1.72 bits per heavy atom. The molecule has 0 aliphatic carbocycles. The molecule has 1 amide bonds. The summed E-state index contributed by atoms with van der Waals surface area (Å²) in [6, 6.07) is 3.78. The Bertz CT molecular complexity index is 567. The van der Waals surface area contributed by atoms with Crippen LogP contribution in [0.2, 0.25) is 0 Å². The molecule has 1 aliphatic rings. The number of amides is 1. The molecule has 1 fully saturated rings. The highest BCUT2D eigenvalue weighted by molar-refractivity contribution is 7.91. The summed E-state index contributed by atoms with van der Waals surface area (Å²) >= 11 is 0. The minimum atomic E-state index is -3.03. The molecule has 1 heterocycles. The van der Waals surface area contributed by atoms with Crippen LogP contribution in [-0.4, -0.2) is 54.0 Å². The fourth-order valence-corrected chi connectivity index (χ4v) is 2.96. The quantitative estimate of drug-likeness (QED) is 0.699. The molecule has 1 aliphatic heterocycles. The van der Waals surface area contributed by atoms with Crippen LogP contribution in [0.25, 0.3) is 0 Å². The maximum atomic E-state index is 12.0. The third-order valence-electron chi connectivity index (χ3n) is 2.85. The van der Waals surface area contributed by atoms with Gasteiger partial charge in [-0.25, -0.2) is 8.42 Å². The van der Waals surface area contributed by atoms with Gasteiger partial charge in [0.15, 0.2) is 21.3 Å². The van der Waals surface area contributed by atoms with E-state index in [1.165, 1.54) is 23.1 Å². The van der Waals surface area contributed by atoms with Gasteiger partial charge in [0.05, 0.1) is 11.5 Å². The van der Waals surface area contributed by atoms with Gasteiger partial charge in [-0.1, -0.05) is 0 Å². The van der Waals surface area contributed by atoms with E-state index >= 15 is 0 Å². The van der Waals surface area contributed by atoms with Crippen LogP contribution in [0.1, 0.15) is 10.4 Å². The van der Waals surface area contributed by atoms with Crippen molar-refractivity contribution in [2.45, 2.75) is 0 Å². The van der Waals surface area contributed by atoms with Crippen molar-refractivity contribution in [2.24, 2.45) is 0 Å². The molecule has 1 aromatic rings. The van der Waals surface area contributed by atoms with Crippen molar-refractivity contribution in [3.05, 3.63) is 23.8 Å². The van der Waals surface area contributed by atoms with Crippen molar-refractivity contribution < 1.29 is 23.4 Å². The van der Waals surface area contributed by atoms with Gasteiger partial charge in [0.2, 0.25) is 0 Å². The molecule has 98 valence electrons. The fourth-order valence-electron chi connectivity index (χ4n) is 1.75. The van der Waals surface area contributed by atoms with Crippen LogP contribution in [-0.2, 0) is 9.84 Å². The van der Waals surface area contributed by atoms with Crippen LogP contribution in [0.4, 0.5) is 0 Å². The number of hydrogen-bond donors (Lipinski definition) is 2. The molecule has 0 bridgehead atoms. The van der Waals surface area contributed by atoms with Crippen molar-refractivity contribution in [3.63, 3.8) is 0 Å². The van der Waals surface area contributed by atoms with Gasteiger partial charge in [-0.05, 0) is 18.2 Å². The summed E-state index contributed by atoms with van der Waals surface area (Å²) in [6.07, 6.45) is 0. The Morgan fingerprint density at radius 3 is 2.28 bits per heavy atom. The first-order chi connectivity index (χ1) is 8.39. The second kappa shape index (κ2) is 4.49. The first-order valence-corrected chi connectivity index (χ1v) is 7.23. The molecular formula is C11H13NO5S. The van der Waals surface area contributed by atoms with Crippen LogP contribution in [0.3, 0.4) is 0 Å². The smallest absolute Gasteiger partial charge is 0.254 e. The molecule has 0 saturated carbocycles. The lowest BCUT2D eigenvalue weighted by molar-refractivity contribution is 0.0770. The Balaban J connectivity index is 2.15. The first-order valence-electron chi connectivity index (χ1n) is 5.41. The second-order valence-electron chi connectivity index (χ2n) is 4.15. The highest BCUT2D eigenvalue weighted by atomic mass is 32.2. The number of benzene rings is 1. The highest BCUT2D eigenvalue weighted by Gasteiger charge is 2.25. The Labute approximate surface area is 104 Å². The third-order valence-corrected chi connectivity index (χ3v) is 4.46. The Kier molecular flexibility index (Phi) is 3.16. The van der Waals surface area contributed by atoms with E-state index < -0.39 is 9.84 Å². The van der Waals surface area contributed by atoms with Crippen molar-refractivity contribution >= 4 is 15.7 Å². The van der Waals surface area contributed by atoms with Crippen molar-refractivity contribution in [3.8, 4) is 11.5 Å². The number of phenols is 2. The van der Waals surface area contributed by atoms with E-state index in [9.17, 15) is 18.3 Å². The molecule has 18 heavy (non-hydrogen) atoms. The largest absolute Gasteiger partial charge is 0.504 e. The van der Waals surface area contributed by atoms with E-state index in [2.05, 4.69) is 0 Å². The van der Waals surface area contributed by atoms with E-state index in [-0.39, 0.29) is 47.6 Å². The lowest BCUT2D eigenvalue weighted by Crippen LogP contribution is -2.43. The zero-order chi connectivity index (χ0) is 13.3. The zero-order valence-corrected chi connectivity index (χ0v) is 10.4. The lowest BCUT2D eigenvalue weighted by Gasteiger charge is -2.26. The van der Waals surface area contributed by atoms with E-state index in [1.54, 1.807) is 0 Å². The summed E-state index contributed by atoms with van der Waals surface area (Å²) in [5.74, 6) is -1.09. The molecule has 1 aromatic carbocycles. The molecule has 0 unspecified atom stereocenters. The van der Waals surface area contributed by atoms with Gasteiger partial charge in [0, 0.05) is 18.7 Å². The van der Waals surface area contributed by atoms with Crippen LogP contribution < -0.4 is 0 Å². The van der Waals surface area contributed by atoms with Gasteiger partial charge in [-0.3, -0.25) is 4.79 Å². The Morgan fingerprint density at radius 1 is 1.11 bits per heavy atom. The van der Waals surface area contributed by atoms with Crippen LogP contribution in [0.5, 0.6) is 11.5 Å². The number of rotatable bonds is 1. The van der Waals surface area contributed by atoms with Crippen LogP contribution in [0.15, 0.2) is 18.2 Å². The predicted octanol–water partition coefficient (Wildman–Crippen LogP) is -0.0316. The first kappa shape index (κ1) is 12.7. The number of sulfone groups is 1. The average molecular weight is 271 g/mol. The van der Waals surface area contributed by atoms with E-state index in [0.717, 1.165) is 0 Å².